The van der Waals surface area contributed by atoms with Gasteiger partial charge in [-0.15, -0.1) is 0 Å². The van der Waals surface area contributed by atoms with E-state index < -0.39 is 10.7 Å². The lowest BCUT2D eigenvalue weighted by Crippen LogP contribution is -2.14. The molecule has 0 saturated carbocycles. The number of nitrogens with one attached hydrogen (secondary N) is 1. The van der Waals surface area contributed by atoms with Crippen molar-refractivity contribution in [3.05, 3.63) is 69.2 Å². The van der Waals surface area contributed by atoms with Crippen LogP contribution in [-0.4, -0.2) is 17.3 Å². The van der Waals surface area contributed by atoms with Gasteiger partial charge >= 0.3 is 0 Å². The molecule has 25 heavy (non-hydrogen) atoms. The lowest BCUT2D eigenvalue weighted by molar-refractivity contribution is -0.385. The van der Waals surface area contributed by atoms with Gasteiger partial charge in [0.15, 0.2) is 5.76 Å². The molecule has 7 heteroatoms. The summed E-state index contributed by atoms with van der Waals surface area (Å²) < 4.78 is 18.9. The molecule has 2 aromatic carbocycles. The highest BCUT2D eigenvalue weighted by Crippen LogP contribution is 2.27. The molecule has 0 spiro atoms. The summed E-state index contributed by atoms with van der Waals surface area (Å²) in [5, 5.41) is 14.4. The minimum atomic E-state index is -0.472. The second kappa shape index (κ2) is 6.35. The van der Waals surface area contributed by atoms with Gasteiger partial charge in [0, 0.05) is 28.3 Å². The topological polar surface area (TPSA) is 85.4 Å². The van der Waals surface area contributed by atoms with Gasteiger partial charge in [0.1, 0.15) is 11.4 Å². The molecular formula is C18H15FN2O4. The van der Waals surface area contributed by atoms with Crippen molar-refractivity contribution >= 4 is 28.1 Å². The third-order valence-corrected chi connectivity index (χ3v) is 4.01. The largest absolute Gasteiger partial charge is 0.453 e. The lowest BCUT2D eigenvalue weighted by Gasteiger charge is -2.06. The number of hydrogen-bond acceptors (Lipinski definition) is 5. The Balaban J connectivity index is 1.80. The number of fused-ring (bicyclic) bond motifs is 1. The first-order valence-corrected chi connectivity index (χ1v) is 7.57. The molecule has 3 rings (SSSR count). The molecule has 0 saturated heterocycles. The van der Waals surface area contributed by atoms with Crippen molar-refractivity contribution in [3.63, 3.8) is 0 Å². The molecule has 1 N–H and O–H groups in total. The van der Waals surface area contributed by atoms with E-state index in [1.807, 2.05) is 0 Å². The van der Waals surface area contributed by atoms with Crippen molar-refractivity contribution in [1.29, 1.82) is 0 Å². The number of benzene rings is 2. The zero-order chi connectivity index (χ0) is 18.1. The Hall–Kier alpha value is -3.22. The Morgan fingerprint density at radius 3 is 2.72 bits per heavy atom. The first-order chi connectivity index (χ1) is 11.9. The van der Waals surface area contributed by atoms with Crippen LogP contribution in [0.15, 0.2) is 40.8 Å². The van der Waals surface area contributed by atoms with Gasteiger partial charge in [-0.1, -0.05) is 6.07 Å². The number of anilines is 1. The third-order valence-electron chi connectivity index (χ3n) is 4.01. The Bertz CT molecular complexity index is 994. The van der Waals surface area contributed by atoms with Crippen LogP contribution in [0, 0.1) is 29.8 Å². The molecule has 0 radical (unpaired) electrons. The Kier molecular flexibility index (Phi) is 4.22. The third kappa shape index (κ3) is 3.21. The predicted molar refractivity (Wildman–Crippen MR) is 91.6 cm³/mol. The van der Waals surface area contributed by atoms with E-state index in [0.29, 0.717) is 27.8 Å². The van der Waals surface area contributed by atoms with Gasteiger partial charge in [-0.3, -0.25) is 14.9 Å². The highest BCUT2D eigenvalue weighted by molar-refractivity contribution is 6.02. The molecule has 0 aliphatic rings. The lowest BCUT2D eigenvalue weighted by atomic mass is 10.1. The summed E-state index contributed by atoms with van der Waals surface area (Å²) >= 11 is 0. The second-order valence-electron chi connectivity index (χ2n) is 5.73. The number of nitro groups is 1. The number of carbonyl (C=O) groups is 1. The van der Waals surface area contributed by atoms with E-state index in [4.69, 9.17) is 4.42 Å². The van der Waals surface area contributed by atoms with Crippen LogP contribution in [-0.2, 0) is 0 Å². The Labute approximate surface area is 142 Å². The molecule has 3 aromatic rings. The van der Waals surface area contributed by atoms with Crippen LogP contribution >= 0.6 is 0 Å². The zero-order valence-electron chi connectivity index (χ0n) is 13.6. The maximum atomic E-state index is 13.3. The van der Waals surface area contributed by atoms with Gasteiger partial charge < -0.3 is 9.73 Å². The fourth-order valence-corrected chi connectivity index (χ4v) is 2.64. The number of furan rings is 1. The van der Waals surface area contributed by atoms with Gasteiger partial charge in [0.05, 0.1) is 11.5 Å². The minimum absolute atomic E-state index is 0.0205. The number of ketones is 1. The van der Waals surface area contributed by atoms with E-state index in [1.165, 1.54) is 24.3 Å². The monoisotopic (exact) mass is 342 g/mol. The van der Waals surface area contributed by atoms with Crippen LogP contribution in [0.25, 0.3) is 11.0 Å². The molecule has 1 aromatic heterocycles. The summed E-state index contributed by atoms with van der Waals surface area (Å²) in [5.41, 5.74) is 1.99. The molecule has 0 amide bonds. The van der Waals surface area contributed by atoms with Gasteiger partial charge in [-0.2, -0.15) is 0 Å². The van der Waals surface area contributed by atoms with E-state index in [9.17, 15) is 19.3 Å². The SMILES string of the molecule is Cc1ccc(NCC(=O)c2oc3ccc(F)cc3c2C)cc1[N+](=O)[O-]. The molecule has 1 heterocycles. The fraction of sp³-hybridized carbons (Fsp3) is 0.167. The molecule has 0 atom stereocenters. The summed E-state index contributed by atoms with van der Waals surface area (Å²) in [6.07, 6.45) is 0. The van der Waals surface area contributed by atoms with Crippen molar-refractivity contribution in [2.24, 2.45) is 0 Å². The standard InChI is InChI=1S/C18H15FN2O4/c1-10-3-5-13(8-15(10)21(23)24)20-9-16(22)18-11(2)14-7-12(19)4-6-17(14)25-18/h3-8,20H,9H2,1-2H3. The van der Waals surface area contributed by atoms with E-state index >= 15 is 0 Å². The highest BCUT2D eigenvalue weighted by atomic mass is 19.1. The van der Waals surface area contributed by atoms with Gasteiger partial charge in [-0.25, -0.2) is 4.39 Å². The quantitative estimate of drug-likeness (QED) is 0.422. The molecule has 128 valence electrons. The van der Waals surface area contributed by atoms with E-state index in [2.05, 4.69) is 5.32 Å². The van der Waals surface area contributed by atoms with Crippen LogP contribution in [0.3, 0.4) is 0 Å². The fourth-order valence-electron chi connectivity index (χ4n) is 2.64. The zero-order valence-corrected chi connectivity index (χ0v) is 13.6. The summed E-state index contributed by atoms with van der Waals surface area (Å²) in [6, 6.07) is 8.72. The van der Waals surface area contributed by atoms with Gasteiger partial charge in [-0.05, 0) is 38.1 Å². The average molecular weight is 342 g/mol. The first kappa shape index (κ1) is 16.6. The maximum absolute atomic E-state index is 13.3. The van der Waals surface area contributed by atoms with Crippen molar-refractivity contribution in [1.82, 2.24) is 0 Å². The van der Waals surface area contributed by atoms with Crippen LogP contribution in [0.2, 0.25) is 0 Å². The van der Waals surface area contributed by atoms with Gasteiger partial charge in [0.2, 0.25) is 5.78 Å². The molecule has 0 aliphatic carbocycles. The molecule has 6 nitrogen and oxygen atoms in total. The Morgan fingerprint density at radius 1 is 1.24 bits per heavy atom. The summed E-state index contributed by atoms with van der Waals surface area (Å²) in [7, 11) is 0. The Morgan fingerprint density at radius 2 is 2.00 bits per heavy atom. The summed E-state index contributed by atoms with van der Waals surface area (Å²) in [5.74, 6) is -0.576. The number of aryl methyl sites for hydroxylation is 2. The maximum Gasteiger partial charge on any atom is 0.274 e. The van der Waals surface area contributed by atoms with Crippen LogP contribution in [0.4, 0.5) is 15.8 Å². The summed E-state index contributed by atoms with van der Waals surface area (Å²) in [4.78, 5) is 22.9. The number of nitro benzene ring substituents is 1. The van der Waals surface area contributed by atoms with Crippen molar-refractivity contribution < 1.29 is 18.5 Å². The predicted octanol–water partition coefficient (Wildman–Crippen LogP) is 4.39. The second-order valence-corrected chi connectivity index (χ2v) is 5.73. The van der Waals surface area contributed by atoms with E-state index in [1.54, 1.807) is 26.0 Å². The summed E-state index contributed by atoms with van der Waals surface area (Å²) in [6.45, 7) is 3.24. The van der Waals surface area contributed by atoms with Crippen LogP contribution < -0.4 is 5.32 Å². The number of rotatable bonds is 5. The van der Waals surface area contributed by atoms with Crippen LogP contribution in [0.5, 0.6) is 0 Å². The molecule has 0 unspecified atom stereocenters. The first-order valence-electron chi connectivity index (χ1n) is 7.57. The normalized spacial score (nSPS) is 10.8. The van der Waals surface area contributed by atoms with E-state index in [0.717, 1.165) is 0 Å². The minimum Gasteiger partial charge on any atom is -0.453 e. The average Bonchev–Trinajstić information content (AvgIpc) is 2.90. The molecule has 0 fully saturated rings. The van der Waals surface area contributed by atoms with Crippen LogP contribution in [0.1, 0.15) is 21.7 Å². The number of carbonyl (C=O) groups excluding carboxylic acids is 1. The number of Topliss-reactive ketones (excluding diaryl/α,β-unsaturated/α-hetero) is 1. The molecule has 0 bridgehead atoms. The highest BCUT2D eigenvalue weighted by Gasteiger charge is 2.18. The number of nitrogens with zero attached hydrogens (tertiary/aromatic N) is 1. The smallest absolute Gasteiger partial charge is 0.274 e. The molecular weight excluding hydrogens is 327 g/mol. The number of halogens is 1. The molecule has 0 aliphatic heterocycles. The van der Waals surface area contributed by atoms with E-state index in [-0.39, 0.29) is 23.8 Å². The number of hydrogen-bond donors (Lipinski definition) is 1. The van der Waals surface area contributed by atoms with Crippen molar-refractivity contribution in [2.75, 3.05) is 11.9 Å². The van der Waals surface area contributed by atoms with Crippen molar-refractivity contribution in [2.45, 2.75) is 13.8 Å². The van der Waals surface area contributed by atoms with Gasteiger partial charge in [0.25, 0.3) is 5.69 Å². The van der Waals surface area contributed by atoms with Crippen molar-refractivity contribution in [3.8, 4) is 0 Å².